The molecule has 1 heterocycles. The Morgan fingerprint density at radius 1 is 0.917 bits per heavy atom. The number of likely N-dealkylation sites (N-methyl/N-ethyl adjacent to an activating group) is 1. The molecule has 2 aromatic rings. The molecule has 1 fully saturated rings. The summed E-state index contributed by atoms with van der Waals surface area (Å²) in [6.07, 6.45) is 5.74. The number of rotatable bonds is 12. The number of benzene rings is 2. The maximum Gasteiger partial charge on any atom is 0.407 e. The third-order valence-electron chi connectivity index (χ3n) is 6.96. The van der Waals surface area contributed by atoms with Crippen LogP contribution in [0.25, 0.3) is 0 Å². The van der Waals surface area contributed by atoms with Crippen LogP contribution < -0.4 is 5.32 Å². The van der Waals surface area contributed by atoms with Gasteiger partial charge in [-0.1, -0.05) is 60.7 Å². The molecule has 1 aliphatic heterocycles. The van der Waals surface area contributed by atoms with E-state index < -0.39 is 6.09 Å². The topological polar surface area (TPSA) is 90.0 Å². The molecule has 0 aliphatic carbocycles. The summed E-state index contributed by atoms with van der Waals surface area (Å²) in [5.74, 6) is -0.455. The van der Waals surface area contributed by atoms with Crippen LogP contribution in [-0.4, -0.2) is 65.5 Å². The van der Waals surface area contributed by atoms with Gasteiger partial charge in [0.05, 0.1) is 6.54 Å². The van der Waals surface area contributed by atoms with Crippen molar-refractivity contribution in [3.63, 3.8) is 0 Å². The summed E-state index contributed by atoms with van der Waals surface area (Å²) in [6.45, 7) is 0.735. The summed E-state index contributed by atoms with van der Waals surface area (Å²) in [5.41, 5.74) is 2.59. The van der Waals surface area contributed by atoms with Gasteiger partial charge in [-0.2, -0.15) is 0 Å². The Morgan fingerprint density at radius 3 is 1.89 bits per heavy atom. The lowest BCUT2D eigenvalue weighted by atomic mass is 9.95. The van der Waals surface area contributed by atoms with Crippen molar-refractivity contribution in [1.82, 2.24) is 15.1 Å². The van der Waals surface area contributed by atoms with E-state index in [-0.39, 0.29) is 30.3 Å². The van der Waals surface area contributed by atoms with Gasteiger partial charge < -0.3 is 20.2 Å². The summed E-state index contributed by atoms with van der Waals surface area (Å²) < 4.78 is 0. The first-order valence-electron chi connectivity index (χ1n) is 13.0. The van der Waals surface area contributed by atoms with Gasteiger partial charge in [-0.15, -0.1) is 0 Å². The maximum atomic E-state index is 12.9. The number of carboxylic acid groups (broad SMARTS) is 1. The molecule has 1 aliphatic rings. The number of aryl methyl sites for hydroxylation is 2. The van der Waals surface area contributed by atoms with E-state index in [0.29, 0.717) is 25.9 Å². The van der Waals surface area contributed by atoms with E-state index in [9.17, 15) is 14.4 Å². The van der Waals surface area contributed by atoms with Gasteiger partial charge >= 0.3 is 6.09 Å². The summed E-state index contributed by atoms with van der Waals surface area (Å²) >= 11 is 0. The largest absolute Gasteiger partial charge is 0.465 e. The Hall–Kier alpha value is -3.35. The lowest BCUT2D eigenvalue weighted by molar-refractivity contribution is -0.139. The number of amides is 3. The van der Waals surface area contributed by atoms with Crippen LogP contribution in [0.15, 0.2) is 60.7 Å². The molecule has 0 spiro atoms. The number of hydrogen-bond donors (Lipinski definition) is 2. The highest BCUT2D eigenvalue weighted by molar-refractivity contribution is 5.86. The van der Waals surface area contributed by atoms with E-state index in [1.54, 1.807) is 7.05 Å². The molecule has 2 N–H and O–H groups in total. The normalized spacial score (nSPS) is 14.0. The van der Waals surface area contributed by atoms with Crippen molar-refractivity contribution < 1.29 is 19.5 Å². The zero-order valence-corrected chi connectivity index (χ0v) is 21.3. The predicted molar refractivity (Wildman–Crippen MR) is 141 cm³/mol. The molecule has 2 aromatic carbocycles. The van der Waals surface area contributed by atoms with Gasteiger partial charge in [0.1, 0.15) is 0 Å². The molecule has 0 unspecified atom stereocenters. The Morgan fingerprint density at radius 2 is 1.42 bits per heavy atom. The molecule has 0 radical (unpaired) electrons. The van der Waals surface area contributed by atoms with Crippen molar-refractivity contribution in [3.05, 3.63) is 71.8 Å². The van der Waals surface area contributed by atoms with Crippen LogP contribution in [0.2, 0.25) is 0 Å². The third kappa shape index (κ3) is 9.02. The van der Waals surface area contributed by atoms with Crippen molar-refractivity contribution in [3.8, 4) is 0 Å². The monoisotopic (exact) mass is 493 g/mol. The average molecular weight is 494 g/mol. The van der Waals surface area contributed by atoms with E-state index in [0.717, 1.165) is 38.5 Å². The summed E-state index contributed by atoms with van der Waals surface area (Å²) in [7, 11) is 1.66. The highest BCUT2D eigenvalue weighted by Gasteiger charge is 2.29. The standard InChI is InChI=1S/C29H39N3O4/c1-31(28(34)25-18-20-32(21-19-25)29(35)36)22-27(33)30-26(16-8-14-23-10-4-2-5-11-23)17-9-15-24-12-6-3-7-13-24/h2-7,10-13,25-26H,8-9,14-22H2,1H3,(H,30,33)(H,35,36). The maximum absolute atomic E-state index is 12.9. The third-order valence-corrected chi connectivity index (χ3v) is 6.96. The number of hydrogen-bond acceptors (Lipinski definition) is 3. The first-order valence-corrected chi connectivity index (χ1v) is 13.0. The number of nitrogens with zero attached hydrogens (tertiary/aromatic N) is 2. The van der Waals surface area contributed by atoms with Crippen LogP contribution in [0.1, 0.15) is 49.7 Å². The second-order valence-corrected chi connectivity index (χ2v) is 9.76. The van der Waals surface area contributed by atoms with Crippen LogP contribution in [0, 0.1) is 5.92 Å². The number of carbonyl (C=O) groups is 3. The average Bonchev–Trinajstić information content (AvgIpc) is 2.89. The Bertz CT molecular complexity index is 913. The van der Waals surface area contributed by atoms with Crippen molar-refractivity contribution in [2.45, 2.75) is 57.4 Å². The van der Waals surface area contributed by atoms with Gasteiger partial charge in [0.25, 0.3) is 0 Å². The van der Waals surface area contributed by atoms with E-state index in [1.807, 2.05) is 36.4 Å². The highest BCUT2D eigenvalue weighted by atomic mass is 16.4. The Labute approximate surface area is 214 Å². The molecule has 3 amide bonds. The number of likely N-dealkylation sites (tertiary alicyclic amines) is 1. The Balaban J connectivity index is 1.48. The summed E-state index contributed by atoms with van der Waals surface area (Å²) in [4.78, 5) is 39.6. The zero-order chi connectivity index (χ0) is 25.8. The number of carbonyl (C=O) groups excluding carboxylic acids is 2. The minimum atomic E-state index is -0.945. The first-order chi connectivity index (χ1) is 17.4. The van der Waals surface area contributed by atoms with Crippen LogP contribution in [0.5, 0.6) is 0 Å². The molecule has 0 saturated carbocycles. The first kappa shape index (κ1) is 27.2. The van der Waals surface area contributed by atoms with Gasteiger partial charge in [-0.3, -0.25) is 9.59 Å². The van der Waals surface area contributed by atoms with E-state index in [4.69, 9.17) is 5.11 Å². The van der Waals surface area contributed by atoms with Crippen molar-refractivity contribution in [1.29, 1.82) is 0 Å². The van der Waals surface area contributed by atoms with Crippen LogP contribution in [0.3, 0.4) is 0 Å². The number of nitrogens with one attached hydrogen (secondary N) is 1. The lowest BCUT2D eigenvalue weighted by Gasteiger charge is -2.31. The van der Waals surface area contributed by atoms with E-state index >= 15 is 0 Å². The summed E-state index contributed by atoms with van der Waals surface area (Å²) in [6, 6.07) is 20.8. The number of piperidine rings is 1. The van der Waals surface area contributed by atoms with Crippen molar-refractivity contribution >= 4 is 17.9 Å². The smallest absolute Gasteiger partial charge is 0.407 e. The van der Waals surface area contributed by atoms with Gasteiger partial charge in [0, 0.05) is 32.1 Å². The predicted octanol–water partition coefficient (Wildman–Crippen LogP) is 4.37. The lowest BCUT2D eigenvalue weighted by Crippen LogP contribution is -2.47. The Kier molecular flexibility index (Phi) is 10.8. The minimum Gasteiger partial charge on any atom is -0.465 e. The van der Waals surface area contributed by atoms with Crippen LogP contribution >= 0.6 is 0 Å². The van der Waals surface area contributed by atoms with Crippen LogP contribution in [0.4, 0.5) is 4.79 Å². The van der Waals surface area contributed by atoms with E-state index in [1.165, 1.54) is 20.9 Å². The second kappa shape index (κ2) is 14.3. The fourth-order valence-corrected chi connectivity index (χ4v) is 4.88. The van der Waals surface area contributed by atoms with Gasteiger partial charge in [-0.05, 0) is 62.5 Å². The molecule has 7 nitrogen and oxygen atoms in total. The minimum absolute atomic E-state index is 0.0197. The molecule has 194 valence electrons. The van der Waals surface area contributed by atoms with Gasteiger partial charge in [0.2, 0.25) is 11.8 Å². The molecule has 36 heavy (non-hydrogen) atoms. The molecule has 1 saturated heterocycles. The van der Waals surface area contributed by atoms with Gasteiger partial charge in [0.15, 0.2) is 0 Å². The highest BCUT2D eigenvalue weighted by Crippen LogP contribution is 2.19. The SMILES string of the molecule is CN(CC(=O)NC(CCCc1ccccc1)CCCc1ccccc1)C(=O)C1CCN(C(=O)O)CC1. The molecule has 7 heteroatoms. The summed E-state index contributed by atoms with van der Waals surface area (Å²) in [5, 5.41) is 12.3. The fraction of sp³-hybridized carbons (Fsp3) is 0.483. The fourth-order valence-electron chi connectivity index (χ4n) is 4.88. The zero-order valence-electron chi connectivity index (χ0n) is 21.3. The molecule has 3 rings (SSSR count). The van der Waals surface area contributed by atoms with Crippen LogP contribution in [-0.2, 0) is 22.4 Å². The second-order valence-electron chi connectivity index (χ2n) is 9.76. The van der Waals surface area contributed by atoms with Crippen molar-refractivity contribution in [2.24, 2.45) is 5.92 Å². The van der Waals surface area contributed by atoms with Gasteiger partial charge in [-0.25, -0.2) is 4.79 Å². The molecule has 0 atom stereocenters. The van der Waals surface area contributed by atoms with E-state index in [2.05, 4.69) is 29.6 Å². The molecule has 0 aromatic heterocycles. The van der Waals surface area contributed by atoms with Crippen molar-refractivity contribution in [2.75, 3.05) is 26.7 Å². The molecular formula is C29H39N3O4. The quantitative estimate of drug-likeness (QED) is 0.460. The molecule has 0 bridgehead atoms. The molecular weight excluding hydrogens is 454 g/mol.